The third-order valence-corrected chi connectivity index (χ3v) is 5.28. The number of anilines is 1. The molecule has 2 aliphatic heterocycles. The van der Waals surface area contributed by atoms with Crippen LogP contribution in [-0.4, -0.2) is 31.4 Å². The molecule has 0 saturated carbocycles. The van der Waals surface area contributed by atoms with E-state index in [4.69, 9.17) is 4.74 Å². The Morgan fingerprint density at radius 3 is 2.37 bits per heavy atom. The highest BCUT2D eigenvalue weighted by atomic mass is 19.4. The van der Waals surface area contributed by atoms with Gasteiger partial charge in [-0.15, -0.1) is 0 Å². The molecule has 0 amide bonds. The van der Waals surface area contributed by atoms with E-state index in [0.29, 0.717) is 6.07 Å². The van der Waals surface area contributed by atoms with Gasteiger partial charge < -0.3 is 9.64 Å². The molecule has 27 heavy (non-hydrogen) atoms. The molecule has 144 valence electrons. The normalized spacial score (nSPS) is 25.0. The molecule has 0 spiro atoms. The van der Waals surface area contributed by atoms with Crippen LogP contribution in [0.1, 0.15) is 28.8 Å². The highest BCUT2D eigenvalue weighted by Crippen LogP contribution is 2.58. The second-order valence-electron chi connectivity index (χ2n) is 6.74. The number of benzene rings is 2. The van der Waals surface area contributed by atoms with Gasteiger partial charge in [0.15, 0.2) is 5.60 Å². The molecule has 2 aliphatic rings. The third kappa shape index (κ3) is 2.37. The lowest BCUT2D eigenvalue weighted by atomic mass is 9.84. The van der Waals surface area contributed by atoms with Gasteiger partial charge >= 0.3 is 12.4 Å². The number of ether oxygens (including phenoxy) is 1. The van der Waals surface area contributed by atoms with Gasteiger partial charge in [0, 0.05) is 23.6 Å². The van der Waals surface area contributed by atoms with Gasteiger partial charge in [0.1, 0.15) is 6.23 Å². The number of carbonyl (C=O) groups is 1. The maximum absolute atomic E-state index is 13.9. The van der Waals surface area contributed by atoms with E-state index in [-0.39, 0.29) is 22.9 Å². The molecule has 0 aliphatic carbocycles. The molecular formula is C18H13F6NO2. The average Bonchev–Trinajstić information content (AvgIpc) is 3.00. The van der Waals surface area contributed by atoms with E-state index >= 15 is 0 Å². The van der Waals surface area contributed by atoms with Gasteiger partial charge in [0.05, 0.1) is 5.69 Å². The molecule has 0 radical (unpaired) electrons. The van der Waals surface area contributed by atoms with E-state index in [9.17, 15) is 31.1 Å². The van der Waals surface area contributed by atoms with Crippen molar-refractivity contribution in [3.8, 4) is 0 Å². The van der Waals surface area contributed by atoms with Gasteiger partial charge in [0.2, 0.25) is 0 Å². The molecular weight excluding hydrogens is 376 g/mol. The van der Waals surface area contributed by atoms with Crippen molar-refractivity contribution in [1.82, 2.24) is 0 Å². The van der Waals surface area contributed by atoms with Crippen molar-refractivity contribution < 1.29 is 35.9 Å². The summed E-state index contributed by atoms with van der Waals surface area (Å²) in [7, 11) is 1.53. The Hall–Kier alpha value is -2.29. The van der Waals surface area contributed by atoms with E-state index < -0.39 is 47.5 Å². The van der Waals surface area contributed by atoms with E-state index in [1.807, 2.05) is 0 Å². The first-order chi connectivity index (χ1) is 12.5. The van der Waals surface area contributed by atoms with Crippen molar-refractivity contribution >= 4 is 22.2 Å². The molecule has 2 bridgehead atoms. The summed E-state index contributed by atoms with van der Waals surface area (Å²) in [6, 6.07) is 6.39. The van der Waals surface area contributed by atoms with Crippen LogP contribution in [0, 0.1) is 0 Å². The summed E-state index contributed by atoms with van der Waals surface area (Å²) < 4.78 is 86.3. The molecule has 1 fully saturated rings. The molecule has 2 atom stereocenters. The number of alkyl halides is 6. The average molecular weight is 389 g/mol. The summed E-state index contributed by atoms with van der Waals surface area (Å²) in [5.41, 5.74) is -3.82. The van der Waals surface area contributed by atoms with Gasteiger partial charge in [-0.3, -0.25) is 4.79 Å². The predicted octanol–water partition coefficient (Wildman–Crippen LogP) is 4.93. The maximum atomic E-state index is 13.9. The first kappa shape index (κ1) is 18.1. The lowest BCUT2D eigenvalue weighted by molar-refractivity contribution is -0.280. The third-order valence-electron chi connectivity index (χ3n) is 5.28. The molecule has 0 N–H and O–H groups in total. The summed E-state index contributed by atoms with van der Waals surface area (Å²) in [6.07, 6.45) is -11.2. The Balaban J connectivity index is 2.11. The Bertz CT molecular complexity index is 951. The Morgan fingerprint density at radius 1 is 1.15 bits per heavy atom. The van der Waals surface area contributed by atoms with Gasteiger partial charge in [-0.2, -0.15) is 26.3 Å². The smallest absolute Gasteiger partial charge is 0.348 e. The van der Waals surface area contributed by atoms with Crippen molar-refractivity contribution in [2.24, 2.45) is 0 Å². The topological polar surface area (TPSA) is 29.5 Å². The Morgan fingerprint density at radius 2 is 1.78 bits per heavy atom. The lowest BCUT2D eigenvalue weighted by Gasteiger charge is -2.42. The van der Waals surface area contributed by atoms with Crippen LogP contribution in [0.15, 0.2) is 30.3 Å². The van der Waals surface area contributed by atoms with Crippen LogP contribution < -0.4 is 4.90 Å². The summed E-state index contributed by atoms with van der Waals surface area (Å²) in [5, 5.41) is 0.123. The molecule has 0 unspecified atom stereocenters. The summed E-state index contributed by atoms with van der Waals surface area (Å²) >= 11 is 0. The zero-order valence-electron chi connectivity index (χ0n) is 13.9. The summed E-state index contributed by atoms with van der Waals surface area (Å²) in [6.45, 7) is 0. The molecule has 4 rings (SSSR count). The van der Waals surface area contributed by atoms with Crippen molar-refractivity contribution in [2.75, 3.05) is 11.9 Å². The number of carbonyl (C=O) groups excluding carboxylic acids is 1. The van der Waals surface area contributed by atoms with Gasteiger partial charge in [-0.1, -0.05) is 24.3 Å². The van der Waals surface area contributed by atoms with Crippen molar-refractivity contribution in [3.05, 3.63) is 41.5 Å². The van der Waals surface area contributed by atoms with Crippen molar-refractivity contribution in [2.45, 2.75) is 37.0 Å². The van der Waals surface area contributed by atoms with E-state index in [1.54, 1.807) is 0 Å². The molecule has 1 saturated heterocycles. The summed E-state index contributed by atoms with van der Waals surface area (Å²) in [5.74, 6) is -2.18. The maximum Gasteiger partial charge on any atom is 0.454 e. The molecule has 9 heteroatoms. The largest absolute Gasteiger partial charge is 0.454 e. The quantitative estimate of drug-likeness (QED) is 0.512. The van der Waals surface area contributed by atoms with Crippen LogP contribution >= 0.6 is 0 Å². The fourth-order valence-electron chi connectivity index (χ4n) is 4.04. The fourth-order valence-corrected chi connectivity index (χ4v) is 4.04. The fraction of sp³-hybridized carbons (Fsp3) is 0.389. The lowest BCUT2D eigenvalue weighted by Crippen LogP contribution is -2.49. The van der Waals surface area contributed by atoms with E-state index in [0.717, 1.165) is 0 Å². The molecule has 2 heterocycles. The first-order valence-electron chi connectivity index (χ1n) is 8.12. The van der Waals surface area contributed by atoms with Crippen molar-refractivity contribution in [3.63, 3.8) is 0 Å². The zero-order chi connectivity index (χ0) is 19.8. The minimum atomic E-state index is -5.21. The number of rotatable bonds is 1. The summed E-state index contributed by atoms with van der Waals surface area (Å²) in [4.78, 5) is 13.4. The molecule has 0 aromatic heterocycles. The number of ketones is 1. The SMILES string of the molecule is CN1c2c(cc(C(=O)C(F)(F)F)c3ccccc23)[C@@]2(C(F)(F)F)CC[C@@H]1O2. The number of Topliss-reactive ketones (excluding diaryl/α,β-unsaturated/α-hetero) is 1. The number of hydrogen-bond acceptors (Lipinski definition) is 3. The second-order valence-corrected chi connectivity index (χ2v) is 6.74. The van der Waals surface area contributed by atoms with E-state index in [2.05, 4.69) is 0 Å². The minimum absolute atomic E-state index is 0.0379. The van der Waals surface area contributed by atoms with Crippen LogP contribution in [0.4, 0.5) is 32.0 Å². The van der Waals surface area contributed by atoms with Crippen LogP contribution in [0.3, 0.4) is 0 Å². The van der Waals surface area contributed by atoms with Gasteiger partial charge in [-0.05, 0) is 24.3 Å². The monoisotopic (exact) mass is 389 g/mol. The minimum Gasteiger partial charge on any atom is -0.348 e. The number of halogens is 6. The molecule has 3 nitrogen and oxygen atoms in total. The first-order valence-corrected chi connectivity index (χ1v) is 8.12. The van der Waals surface area contributed by atoms with Crippen LogP contribution in [-0.2, 0) is 10.3 Å². The highest BCUT2D eigenvalue weighted by Gasteiger charge is 2.65. The predicted molar refractivity (Wildman–Crippen MR) is 84.6 cm³/mol. The number of fused-ring (bicyclic) bond motifs is 6. The van der Waals surface area contributed by atoms with Crippen LogP contribution in [0.25, 0.3) is 10.8 Å². The zero-order valence-corrected chi connectivity index (χ0v) is 13.9. The highest BCUT2D eigenvalue weighted by molar-refractivity contribution is 6.14. The van der Waals surface area contributed by atoms with E-state index in [1.165, 1.54) is 36.2 Å². The van der Waals surface area contributed by atoms with Crippen LogP contribution in [0.5, 0.6) is 0 Å². The Labute approximate surface area is 149 Å². The second kappa shape index (κ2) is 5.37. The molecule has 2 aromatic rings. The van der Waals surface area contributed by atoms with Gasteiger partial charge in [0.25, 0.3) is 5.78 Å². The molecule has 2 aromatic carbocycles. The van der Waals surface area contributed by atoms with Gasteiger partial charge in [-0.25, -0.2) is 0 Å². The van der Waals surface area contributed by atoms with Crippen molar-refractivity contribution in [1.29, 1.82) is 0 Å². The standard InChI is InChI=1S/C18H13F6NO2/c1-25-13-6-7-16(27-13,18(22,23)24)12-8-11(15(26)17(19,20)21)9-4-2-3-5-10(9)14(12)25/h2-5,8,13H,6-7H2,1H3/t13-,16+/m0/s1. The Kier molecular flexibility index (Phi) is 3.60. The van der Waals surface area contributed by atoms with Crippen LogP contribution in [0.2, 0.25) is 0 Å². The number of hydrogen-bond donors (Lipinski definition) is 0. The number of nitrogens with zero attached hydrogens (tertiary/aromatic N) is 1.